The number of nitrogens with zero attached hydrogens (tertiary/aromatic N) is 2. The maximum Gasteiger partial charge on any atom is 0.147 e. The summed E-state index contributed by atoms with van der Waals surface area (Å²) in [5, 5.41) is 24.8. The van der Waals surface area contributed by atoms with Crippen molar-refractivity contribution in [3.05, 3.63) is 89.7 Å². The summed E-state index contributed by atoms with van der Waals surface area (Å²) < 4.78 is 0. The molecule has 5 nitrogen and oxygen atoms in total. The number of aromatic nitrogens is 2. The number of aromatic hydroxyl groups is 2. The monoisotopic (exact) mass is 357 g/mol. The first-order valence-corrected chi connectivity index (χ1v) is 8.67. The predicted molar refractivity (Wildman–Crippen MR) is 106 cm³/mol. The smallest absolute Gasteiger partial charge is 0.147 e. The van der Waals surface area contributed by atoms with Crippen LogP contribution in [0, 0.1) is 6.92 Å². The summed E-state index contributed by atoms with van der Waals surface area (Å²) in [6, 6.07) is 19.9. The minimum Gasteiger partial charge on any atom is -0.508 e. The zero-order chi connectivity index (χ0) is 18.8. The van der Waals surface area contributed by atoms with Crippen LogP contribution in [0.5, 0.6) is 11.5 Å². The van der Waals surface area contributed by atoms with E-state index in [0.29, 0.717) is 16.9 Å². The number of benzene rings is 2. The van der Waals surface area contributed by atoms with E-state index in [-0.39, 0.29) is 17.5 Å². The minimum atomic E-state index is -0.354. The highest BCUT2D eigenvalue weighted by Crippen LogP contribution is 2.36. The van der Waals surface area contributed by atoms with Crippen molar-refractivity contribution in [3.8, 4) is 11.5 Å². The number of hydrogen-bond donors (Lipinski definition) is 3. The van der Waals surface area contributed by atoms with Gasteiger partial charge < -0.3 is 15.5 Å². The Hall–Kier alpha value is -3.60. The molecule has 2 aromatic heterocycles. The van der Waals surface area contributed by atoms with E-state index in [0.717, 1.165) is 16.6 Å². The van der Waals surface area contributed by atoms with E-state index < -0.39 is 0 Å². The van der Waals surface area contributed by atoms with E-state index in [1.165, 1.54) is 0 Å². The van der Waals surface area contributed by atoms with Gasteiger partial charge in [0.15, 0.2) is 0 Å². The maximum atomic E-state index is 11.0. The molecule has 0 spiro atoms. The SMILES string of the molecule is Cc1ccc2ccc(C(Nc3ccccn3)c3ccc(O)cc3)c(O)c2n1. The van der Waals surface area contributed by atoms with Crippen LogP contribution >= 0.6 is 0 Å². The Morgan fingerprint density at radius 2 is 1.67 bits per heavy atom. The molecular formula is C22H19N3O2. The van der Waals surface area contributed by atoms with Gasteiger partial charge in [0.2, 0.25) is 0 Å². The third-order valence-electron chi connectivity index (χ3n) is 4.50. The van der Waals surface area contributed by atoms with Gasteiger partial charge in [-0.2, -0.15) is 0 Å². The highest BCUT2D eigenvalue weighted by Gasteiger charge is 2.20. The Bertz CT molecular complexity index is 1080. The van der Waals surface area contributed by atoms with E-state index >= 15 is 0 Å². The number of anilines is 1. The average molecular weight is 357 g/mol. The molecule has 5 heteroatoms. The lowest BCUT2D eigenvalue weighted by atomic mass is 9.96. The van der Waals surface area contributed by atoms with Gasteiger partial charge in [-0.1, -0.05) is 36.4 Å². The Morgan fingerprint density at radius 3 is 2.41 bits per heavy atom. The fourth-order valence-corrected chi connectivity index (χ4v) is 3.12. The molecule has 0 saturated heterocycles. The molecule has 0 aliphatic rings. The summed E-state index contributed by atoms with van der Waals surface area (Å²) >= 11 is 0. The zero-order valence-corrected chi connectivity index (χ0v) is 14.8. The minimum absolute atomic E-state index is 0.137. The molecule has 4 rings (SSSR count). The normalized spacial score (nSPS) is 12.0. The average Bonchev–Trinajstić information content (AvgIpc) is 2.69. The van der Waals surface area contributed by atoms with Gasteiger partial charge >= 0.3 is 0 Å². The zero-order valence-electron chi connectivity index (χ0n) is 14.8. The summed E-state index contributed by atoms with van der Waals surface area (Å²) in [5.74, 6) is 1.01. The Morgan fingerprint density at radius 1 is 0.889 bits per heavy atom. The van der Waals surface area contributed by atoms with Gasteiger partial charge in [0.05, 0.1) is 6.04 Å². The van der Waals surface area contributed by atoms with Crippen molar-refractivity contribution in [2.24, 2.45) is 0 Å². The topological polar surface area (TPSA) is 78.3 Å². The highest BCUT2D eigenvalue weighted by atomic mass is 16.3. The molecule has 0 saturated carbocycles. The second-order valence-corrected chi connectivity index (χ2v) is 6.41. The van der Waals surface area contributed by atoms with E-state index in [1.807, 2.05) is 61.5 Å². The second kappa shape index (κ2) is 6.96. The first kappa shape index (κ1) is 16.8. The van der Waals surface area contributed by atoms with Crippen LogP contribution in [0.2, 0.25) is 0 Å². The molecule has 0 aliphatic heterocycles. The molecule has 1 unspecified atom stereocenters. The third-order valence-corrected chi connectivity index (χ3v) is 4.50. The van der Waals surface area contributed by atoms with E-state index in [9.17, 15) is 10.2 Å². The Balaban J connectivity index is 1.86. The van der Waals surface area contributed by atoms with Crippen LogP contribution in [0.3, 0.4) is 0 Å². The van der Waals surface area contributed by atoms with Crippen molar-refractivity contribution in [1.82, 2.24) is 9.97 Å². The molecule has 4 aromatic rings. The third kappa shape index (κ3) is 3.40. The first-order valence-electron chi connectivity index (χ1n) is 8.67. The Kier molecular flexibility index (Phi) is 4.34. The molecule has 134 valence electrons. The van der Waals surface area contributed by atoms with Crippen molar-refractivity contribution in [3.63, 3.8) is 0 Å². The largest absolute Gasteiger partial charge is 0.508 e. The van der Waals surface area contributed by atoms with Gasteiger partial charge in [0.1, 0.15) is 22.8 Å². The number of hydrogen-bond acceptors (Lipinski definition) is 5. The lowest BCUT2D eigenvalue weighted by Crippen LogP contribution is -2.13. The van der Waals surface area contributed by atoms with E-state index in [4.69, 9.17) is 0 Å². The number of phenols is 2. The van der Waals surface area contributed by atoms with Crippen molar-refractivity contribution >= 4 is 16.7 Å². The van der Waals surface area contributed by atoms with Crippen molar-refractivity contribution in [1.29, 1.82) is 0 Å². The Labute approximate surface area is 157 Å². The fourth-order valence-electron chi connectivity index (χ4n) is 3.12. The molecule has 1 atom stereocenters. The van der Waals surface area contributed by atoms with Crippen LogP contribution in [-0.4, -0.2) is 20.2 Å². The van der Waals surface area contributed by atoms with Crippen molar-refractivity contribution < 1.29 is 10.2 Å². The van der Waals surface area contributed by atoms with Crippen LogP contribution in [0.25, 0.3) is 10.9 Å². The number of fused-ring (bicyclic) bond motifs is 1. The molecular weight excluding hydrogens is 338 g/mol. The maximum absolute atomic E-state index is 11.0. The van der Waals surface area contributed by atoms with Gasteiger partial charge in [-0.05, 0) is 42.8 Å². The van der Waals surface area contributed by atoms with Crippen molar-refractivity contribution in [2.75, 3.05) is 5.32 Å². The molecule has 2 heterocycles. The molecule has 0 bridgehead atoms. The molecule has 0 radical (unpaired) electrons. The quantitative estimate of drug-likeness (QED) is 0.499. The van der Waals surface area contributed by atoms with Crippen molar-refractivity contribution in [2.45, 2.75) is 13.0 Å². The summed E-state index contributed by atoms with van der Waals surface area (Å²) in [7, 11) is 0. The number of pyridine rings is 2. The molecule has 0 amide bonds. The van der Waals surface area contributed by atoms with Gasteiger partial charge in [0.25, 0.3) is 0 Å². The van der Waals surface area contributed by atoms with Crippen LogP contribution in [0.1, 0.15) is 22.9 Å². The lowest BCUT2D eigenvalue weighted by Gasteiger charge is -2.22. The van der Waals surface area contributed by atoms with Gasteiger partial charge in [-0.15, -0.1) is 0 Å². The molecule has 27 heavy (non-hydrogen) atoms. The molecule has 3 N–H and O–H groups in total. The van der Waals surface area contributed by atoms with Gasteiger partial charge in [-0.3, -0.25) is 0 Å². The number of nitrogens with one attached hydrogen (secondary N) is 1. The number of phenolic OH excluding ortho intramolecular Hbond substituents is 2. The number of aryl methyl sites for hydroxylation is 1. The molecule has 0 fully saturated rings. The van der Waals surface area contributed by atoms with Gasteiger partial charge in [-0.25, -0.2) is 9.97 Å². The summed E-state index contributed by atoms with van der Waals surface area (Å²) in [6.45, 7) is 1.90. The van der Waals surface area contributed by atoms with E-state index in [1.54, 1.807) is 18.3 Å². The molecule has 0 aliphatic carbocycles. The standard InChI is InChI=1S/C22H19N3O2/c1-14-5-6-16-9-12-18(22(27)21(16)24-14)20(15-7-10-17(26)11-8-15)25-19-4-2-3-13-23-19/h2-13,20,26-27H,1H3,(H,23,25). The summed E-state index contributed by atoms with van der Waals surface area (Å²) in [6.07, 6.45) is 1.71. The molecule has 2 aromatic carbocycles. The fraction of sp³-hybridized carbons (Fsp3) is 0.0909. The highest BCUT2D eigenvalue weighted by molar-refractivity contribution is 5.86. The van der Waals surface area contributed by atoms with Crippen LogP contribution in [-0.2, 0) is 0 Å². The van der Waals surface area contributed by atoms with E-state index in [2.05, 4.69) is 15.3 Å². The second-order valence-electron chi connectivity index (χ2n) is 6.41. The van der Waals surface area contributed by atoms with Crippen LogP contribution in [0.15, 0.2) is 72.9 Å². The lowest BCUT2D eigenvalue weighted by molar-refractivity contribution is 0.471. The number of rotatable bonds is 4. The van der Waals surface area contributed by atoms with Gasteiger partial charge in [0, 0.05) is 22.8 Å². The summed E-state index contributed by atoms with van der Waals surface area (Å²) in [4.78, 5) is 8.84. The van der Waals surface area contributed by atoms with Crippen LogP contribution < -0.4 is 5.32 Å². The first-order chi connectivity index (χ1) is 13.1. The summed E-state index contributed by atoms with van der Waals surface area (Å²) in [5.41, 5.74) is 2.99. The predicted octanol–water partition coefficient (Wildman–Crippen LogP) is 4.55. The van der Waals surface area contributed by atoms with Crippen LogP contribution in [0.4, 0.5) is 5.82 Å².